The number of methoxy groups -OCH3 is 1. The van der Waals surface area contributed by atoms with E-state index in [1.54, 1.807) is 11.4 Å². The van der Waals surface area contributed by atoms with Crippen molar-refractivity contribution >= 4 is 51.8 Å². The number of hydrogen-bond acceptors (Lipinski definition) is 4. The van der Waals surface area contributed by atoms with Crippen LogP contribution in [-0.4, -0.2) is 19.2 Å². The monoisotopic (exact) mass is 446 g/mol. The molecule has 2 aromatic rings. The molecule has 0 radical (unpaired) electrons. The zero-order chi connectivity index (χ0) is 19.9. The van der Waals surface area contributed by atoms with Crippen molar-refractivity contribution < 1.29 is 9.53 Å². The molecule has 3 atom stereocenters. The molecule has 3 unspecified atom stereocenters. The summed E-state index contributed by atoms with van der Waals surface area (Å²) in [4.78, 5) is 14.1. The fourth-order valence-corrected chi connectivity index (χ4v) is 12.1. The van der Waals surface area contributed by atoms with Gasteiger partial charge in [0.2, 0.25) is 0 Å². The molecule has 0 saturated carbocycles. The predicted molar refractivity (Wildman–Crippen MR) is 124 cm³/mol. The molecular weight excluding hydrogens is 427 g/mol. The Bertz CT molecular complexity index is 974. The Morgan fingerprint density at radius 3 is 2.54 bits per heavy atom. The van der Waals surface area contributed by atoms with Gasteiger partial charge >= 0.3 is 5.97 Å². The van der Waals surface area contributed by atoms with E-state index in [0.717, 1.165) is 5.56 Å². The van der Waals surface area contributed by atoms with E-state index in [0.29, 0.717) is 11.2 Å². The molecule has 0 saturated heterocycles. The maximum atomic E-state index is 12.9. The lowest BCUT2D eigenvalue weighted by Crippen LogP contribution is -2.40. The average Bonchev–Trinajstić information content (AvgIpc) is 3.04. The Hall–Kier alpha value is -1.19. The van der Waals surface area contributed by atoms with Crippen molar-refractivity contribution in [1.29, 1.82) is 0 Å². The number of carbonyl (C=O) groups is 1. The number of halogens is 1. The first-order valence-electron chi connectivity index (χ1n) is 8.98. The summed E-state index contributed by atoms with van der Waals surface area (Å²) in [6.07, 6.45) is 5.06. The van der Waals surface area contributed by atoms with Crippen molar-refractivity contribution in [2.45, 2.75) is 12.8 Å². The van der Waals surface area contributed by atoms with E-state index in [4.69, 9.17) is 28.6 Å². The van der Waals surface area contributed by atoms with Crippen molar-refractivity contribution in [3.63, 3.8) is 0 Å². The van der Waals surface area contributed by atoms with Crippen LogP contribution < -0.4 is 0 Å². The molecule has 0 aromatic heterocycles. The molecule has 144 valence electrons. The van der Waals surface area contributed by atoms with Gasteiger partial charge in [0.15, 0.2) is 0 Å². The van der Waals surface area contributed by atoms with Crippen molar-refractivity contribution in [3.05, 3.63) is 88.2 Å². The maximum absolute atomic E-state index is 12.9. The minimum Gasteiger partial charge on any atom is -0.538 e. The zero-order valence-electron chi connectivity index (χ0n) is 15.6. The van der Waals surface area contributed by atoms with Crippen molar-refractivity contribution in [2.24, 2.45) is 5.41 Å². The zero-order valence-corrected chi connectivity index (χ0v) is 18.9. The van der Waals surface area contributed by atoms with E-state index in [1.807, 2.05) is 49.4 Å². The lowest BCUT2D eigenvalue weighted by atomic mass is 9.74. The van der Waals surface area contributed by atoms with Crippen molar-refractivity contribution in [3.8, 4) is 0 Å². The van der Waals surface area contributed by atoms with Crippen LogP contribution in [0.2, 0.25) is 5.02 Å². The minimum absolute atomic E-state index is 0.102. The Balaban J connectivity index is 1.81. The molecule has 0 amide bonds. The van der Waals surface area contributed by atoms with E-state index < -0.39 is 11.1 Å². The molecule has 2 aliphatic rings. The van der Waals surface area contributed by atoms with Gasteiger partial charge in [-0.25, -0.2) is 0 Å². The van der Waals surface area contributed by atoms with Gasteiger partial charge in [0, 0.05) is 22.3 Å². The molecule has 2 nitrogen and oxygen atoms in total. The van der Waals surface area contributed by atoms with Gasteiger partial charge in [-0.15, -0.1) is 0 Å². The third kappa shape index (κ3) is 3.45. The third-order valence-electron chi connectivity index (χ3n) is 5.42. The number of benzene rings is 2. The van der Waals surface area contributed by atoms with Crippen molar-refractivity contribution in [2.75, 3.05) is 13.3 Å². The first-order chi connectivity index (χ1) is 13.4. The highest BCUT2D eigenvalue weighted by Gasteiger charge is 2.55. The fraction of sp³-hybridized carbons (Fsp3) is 0.227. The van der Waals surface area contributed by atoms with Crippen LogP contribution in [0.3, 0.4) is 0 Å². The number of rotatable bonds is 3. The highest BCUT2D eigenvalue weighted by molar-refractivity contribution is 8.89. The summed E-state index contributed by atoms with van der Waals surface area (Å²) in [5, 5.41) is 1.88. The van der Waals surface area contributed by atoms with Crippen molar-refractivity contribution in [1.82, 2.24) is 0 Å². The molecule has 6 heteroatoms. The number of hydrogen-bond donors (Lipinski definition) is 0. The van der Waals surface area contributed by atoms with Crippen LogP contribution in [0.25, 0.3) is 4.91 Å². The van der Waals surface area contributed by atoms with Gasteiger partial charge in [-0.1, -0.05) is 54.1 Å². The summed E-state index contributed by atoms with van der Waals surface area (Å²) < 4.78 is 5.22. The molecular formula is C22H20ClO2PS2. The molecule has 0 spiro atoms. The lowest BCUT2D eigenvalue weighted by Gasteiger charge is -2.43. The summed E-state index contributed by atoms with van der Waals surface area (Å²) in [6.45, 7) is 1.99. The molecule has 2 heterocycles. The van der Waals surface area contributed by atoms with Crippen LogP contribution in [0.15, 0.2) is 72.1 Å². The summed E-state index contributed by atoms with van der Waals surface area (Å²) in [7, 11) is 1.45. The second-order valence-corrected chi connectivity index (χ2v) is 15.5. The molecule has 0 N–H and O–H groups in total. The average molecular weight is 447 g/mol. The second-order valence-electron chi connectivity index (χ2n) is 7.33. The van der Waals surface area contributed by atoms with Crippen LogP contribution >= 0.6 is 28.6 Å². The Morgan fingerprint density at radius 2 is 1.89 bits per heavy atom. The van der Waals surface area contributed by atoms with Crippen LogP contribution in [0, 0.1) is 5.41 Å². The lowest BCUT2D eigenvalue weighted by molar-refractivity contribution is -0.151. The van der Waals surface area contributed by atoms with E-state index in [-0.39, 0.29) is 11.9 Å². The number of esters is 1. The summed E-state index contributed by atoms with van der Waals surface area (Å²) in [6, 6.07) is 18.0. The number of fused-ring (bicyclic) bond motifs is 1. The smallest absolute Gasteiger partial charge is 0.316 e. The van der Waals surface area contributed by atoms with Crippen LogP contribution in [-0.2, 0) is 21.8 Å². The molecule has 2 aliphatic heterocycles. The van der Waals surface area contributed by atoms with E-state index in [1.165, 1.54) is 22.9 Å². The third-order valence-corrected chi connectivity index (χ3v) is 12.8. The van der Waals surface area contributed by atoms with Gasteiger partial charge in [0.25, 0.3) is 0 Å². The van der Waals surface area contributed by atoms with Crippen LogP contribution in [0.5, 0.6) is 0 Å². The van der Waals surface area contributed by atoms with E-state index in [2.05, 4.69) is 24.3 Å². The topological polar surface area (TPSA) is 26.3 Å². The number of allylic oxidation sites excluding steroid dienone is 3. The molecule has 0 bridgehead atoms. The van der Waals surface area contributed by atoms with Gasteiger partial charge in [-0.05, 0) is 48.0 Å². The molecule has 28 heavy (non-hydrogen) atoms. The first-order valence-corrected chi connectivity index (χ1v) is 13.8. The summed E-state index contributed by atoms with van der Waals surface area (Å²) in [5.74, 6) is -0.309. The van der Waals surface area contributed by atoms with Gasteiger partial charge in [0.05, 0.1) is 23.5 Å². The van der Waals surface area contributed by atoms with Gasteiger partial charge < -0.3 is 17.0 Å². The molecule has 0 fully saturated rings. The van der Waals surface area contributed by atoms with Gasteiger partial charge in [-0.3, -0.25) is 4.79 Å². The van der Waals surface area contributed by atoms with Crippen LogP contribution in [0.1, 0.15) is 24.0 Å². The highest BCUT2D eigenvalue weighted by atomic mass is 35.5. The van der Waals surface area contributed by atoms with E-state index >= 15 is 0 Å². The minimum atomic E-state index is -1.96. The number of ether oxygens (including phenoxy) is 1. The Morgan fingerprint density at radius 1 is 1.21 bits per heavy atom. The summed E-state index contributed by atoms with van der Waals surface area (Å²) >= 11 is 14.0. The Kier molecular flexibility index (Phi) is 5.43. The molecule has 4 rings (SSSR count). The Labute approximate surface area is 180 Å². The largest absolute Gasteiger partial charge is 0.538 e. The standard InChI is InChI=1S/C22H20ClO2PS2/c1-22(21(24)25-2)14-26(27)18(12-19(22)15-8-10-17(23)11-9-15)13-20(28-26)16-6-4-3-5-7-16/h3-13,19H,14H2,1-2H3. The maximum Gasteiger partial charge on any atom is 0.316 e. The molecule has 2 aromatic carbocycles. The highest BCUT2D eigenvalue weighted by Crippen LogP contribution is 2.85. The van der Waals surface area contributed by atoms with E-state index in [9.17, 15) is 4.79 Å². The number of carbonyl (C=O) groups excluding carboxylic acids is 1. The molecule has 0 aliphatic carbocycles. The SMILES string of the molecule is COC(=O)C1(C)C[P+]2([S-])SC(c3ccccc3)=CC2=CC1c1ccc(Cl)cc1. The normalized spacial score (nSPS) is 28.9. The summed E-state index contributed by atoms with van der Waals surface area (Å²) in [5.41, 5.74) is -0.431. The quantitative estimate of drug-likeness (QED) is 0.298. The van der Waals surface area contributed by atoms with Gasteiger partial charge in [0.1, 0.15) is 5.41 Å². The second kappa shape index (κ2) is 7.57. The first kappa shape index (κ1) is 20.1. The fourth-order valence-electron chi connectivity index (χ4n) is 3.94. The van der Waals surface area contributed by atoms with Crippen LogP contribution in [0.4, 0.5) is 0 Å². The van der Waals surface area contributed by atoms with Gasteiger partial charge in [-0.2, -0.15) is 0 Å². The predicted octanol–water partition coefficient (Wildman–Crippen LogP) is 6.68.